The zero-order valence-electron chi connectivity index (χ0n) is 15.7. The molecule has 6 nitrogen and oxygen atoms in total. The normalized spacial score (nSPS) is 17.6. The summed E-state index contributed by atoms with van der Waals surface area (Å²) in [6.07, 6.45) is -1.88. The van der Waals surface area contributed by atoms with E-state index < -0.39 is 24.0 Å². The zero-order chi connectivity index (χ0) is 19.6. The molecule has 0 radical (unpaired) electrons. The van der Waals surface area contributed by atoms with E-state index in [4.69, 9.17) is 0 Å². The van der Waals surface area contributed by atoms with Gasteiger partial charge < -0.3 is 20.0 Å². The van der Waals surface area contributed by atoms with E-state index in [1.807, 2.05) is 12.1 Å². The number of carbonyl (C=O) groups excluding carboxylic acids is 2. The Morgan fingerprint density at radius 2 is 1.63 bits per heavy atom. The van der Waals surface area contributed by atoms with Crippen LogP contribution in [0.15, 0.2) is 42.5 Å². The van der Waals surface area contributed by atoms with E-state index in [-0.39, 0.29) is 0 Å². The molecular formula is C21H26N2O4. The van der Waals surface area contributed by atoms with E-state index in [0.717, 1.165) is 17.7 Å². The van der Waals surface area contributed by atoms with Crippen LogP contribution >= 0.6 is 0 Å². The van der Waals surface area contributed by atoms with E-state index in [1.54, 1.807) is 0 Å². The molecule has 0 saturated carbocycles. The number of aliphatic hydroxyl groups excluding tert-OH is 2. The first-order chi connectivity index (χ1) is 12.9. The molecule has 144 valence electrons. The number of aliphatic hydroxyl groups is 2. The Morgan fingerprint density at radius 3 is 2.26 bits per heavy atom. The molecule has 1 saturated heterocycles. The summed E-state index contributed by atoms with van der Waals surface area (Å²) in [5.41, 5.74) is 1.25. The smallest absolute Gasteiger partial charge is 0.254 e. The number of hydrogen-bond acceptors (Lipinski definition) is 4. The third-order valence-electron chi connectivity index (χ3n) is 5.30. The van der Waals surface area contributed by atoms with Crippen LogP contribution in [0.4, 0.5) is 0 Å². The van der Waals surface area contributed by atoms with Gasteiger partial charge in [0.1, 0.15) is 0 Å². The van der Waals surface area contributed by atoms with Crippen molar-refractivity contribution in [2.24, 2.45) is 0 Å². The summed E-state index contributed by atoms with van der Waals surface area (Å²) in [5.74, 6) is -0.916. The Hall–Kier alpha value is -2.44. The minimum atomic E-state index is -1.73. The van der Waals surface area contributed by atoms with Crippen LogP contribution in [0.5, 0.6) is 0 Å². The predicted octanol–water partition coefficient (Wildman–Crippen LogP) is 1.36. The molecule has 2 aromatic rings. The number of likely N-dealkylation sites (tertiary alicyclic amines) is 1. The monoisotopic (exact) mass is 370 g/mol. The van der Waals surface area contributed by atoms with Crippen LogP contribution in [0.3, 0.4) is 0 Å². The number of carbonyl (C=O) groups is 2. The van der Waals surface area contributed by atoms with Crippen LogP contribution < -0.4 is 0 Å². The summed E-state index contributed by atoms with van der Waals surface area (Å²) < 4.78 is 0. The van der Waals surface area contributed by atoms with Gasteiger partial charge in [-0.1, -0.05) is 42.5 Å². The van der Waals surface area contributed by atoms with E-state index in [9.17, 15) is 19.8 Å². The van der Waals surface area contributed by atoms with Crippen molar-refractivity contribution in [3.05, 3.63) is 48.0 Å². The van der Waals surface area contributed by atoms with Gasteiger partial charge in [-0.15, -0.1) is 0 Å². The molecule has 6 heteroatoms. The molecule has 27 heavy (non-hydrogen) atoms. The number of nitrogens with zero attached hydrogens (tertiary/aromatic N) is 2. The summed E-state index contributed by atoms with van der Waals surface area (Å²) in [6.45, 7) is 0.993. The van der Waals surface area contributed by atoms with Crippen molar-refractivity contribution in [3.63, 3.8) is 0 Å². The number of amides is 2. The lowest BCUT2D eigenvalue weighted by atomic mass is 9.88. The minimum Gasteiger partial charge on any atom is -0.380 e. The number of fused-ring (bicyclic) bond motifs is 1. The van der Waals surface area contributed by atoms with E-state index in [0.29, 0.717) is 19.0 Å². The molecule has 1 fully saturated rings. The topological polar surface area (TPSA) is 81.1 Å². The van der Waals surface area contributed by atoms with Crippen molar-refractivity contribution < 1.29 is 19.8 Å². The fraction of sp³-hybridized carbons (Fsp3) is 0.429. The highest BCUT2D eigenvalue weighted by Gasteiger charge is 2.35. The zero-order valence-corrected chi connectivity index (χ0v) is 15.7. The molecule has 2 amide bonds. The molecule has 3 rings (SSSR count). The van der Waals surface area contributed by atoms with Crippen molar-refractivity contribution in [3.8, 4) is 0 Å². The van der Waals surface area contributed by atoms with Crippen LogP contribution in [0.2, 0.25) is 0 Å². The summed E-state index contributed by atoms with van der Waals surface area (Å²) in [4.78, 5) is 26.9. The Morgan fingerprint density at radius 1 is 1.00 bits per heavy atom. The first kappa shape index (κ1) is 19.3. The van der Waals surface area contributed by atoms with Crippen LogP contribution in [-0.2, 0) is 9.59 Å². The molecule has 0 bridgehead atoms. The Kier molecular flexibility index (Phi) is 5.77. The van der Waals surface area contributed by atoms with E-state index in [1.165, 1.54) is 35.3 Å². The highest BCUT2D eigenvalue weighted by molar-refractivity contribution is 5.90. The molecule has 0 aromatic heterocycles. The van der Waals surface area contributed by atoms with Crippen LogP contribution in [0.25, 0.3) is 10.8 Å². The molecule has 1 aliphatic rings. The fourth-order valence-electron chi connectivity index (χ4n) is 3.62. The van der Waals surface area contributed by atoms with Gasteiger partial charge >= 0.3 is 0 Å². The summed E-state index contributed by atoms with van der Waals surface area (Å²) in [7, 11) is 2.94. The van der Waals surface area contributed by atoms with Gasteiger partial charge in [-0.25, -0.2) is 0 Å². The van der Waals surface area contributed by atoms with Crippen molar-refractivity contribution in [2.45, 2.75) is 31.0 Å². The SMILES string of the molecule is CN(C)C(=O)C(O)C(O)C(=O)N1CCC(c2ccc3ccccc3c2)CC1. The van der Waals surface area contributed by atoms with Gasteiger partial charge in [0.05, 0.1) is 0 Å². The summed E-state index contributed by atoms with van der Waals surface area (Å²) >= 11 is 0. The molecular weight excluding hydrogens is 344 g/mol. The molecule has 0 spiro atoms. The first-order valence-corrected chi connectivity index (χ1v) is 9.23. The second-order valence-electron chi connectivity index (χ2n) is 7.33. The van der Waals surface area contributed by atoms with Gasteiger partial charge in [0.25, 0.3) is 11.8 Å². The molecule has 1 heterocycles. The third kappa shape index (κ3) is 4.12. The van der Waals surface area contributed by atoms with Crippen molar-refractivity contribution >= 4 is 22.6 Å². The van der Waals surface area contributed by atoms with E-state index >= 15 is 0 Å². The van der Waals surface area contributed by atoms with Gasteiger partial charge in [-0.05, 0) is 35.1 Å². The maximum atomic E-state index is 12.4. The second-order valence-corrected chi connectivity index (χ2v) is 7.33. The van der Waals surface area contributed by atoms with Gasteiger partial charge in [-0.3, -0.25) is 9.59 Å². The summed E-state index contributed by atoms with van der Waals surface area (Å²) in [6, 6.07) is 14.7. The molecule has 1 aliphatic heterocycles. The molecule has 2 N–H and O–H groups in total. The van der Waals surface area contributed by atoms with Gasteiger partial charge in [-0.2, -0.15) is 0 Å². The van der Waals surface area contributed by atoms with Crippen LogP contribution in [0, 0.1) is 0 Å². The van der Waals surface area contributed by atoms with Crippen molar-refractivity contribution in [2.75, 3.05) is 27.2 Å². The number of piperidine rings is 1. The van der Waals surface area contributed by atoms with Crippen molar-refractivity contribution in [1.29, 1.82) is 0 Å². The second kappa shape index (κ2) is 8.06. The Bertz CT molecular complexity index is 828. The average Bonchev–Trinajstić information content (AvgIpc) is 2.71. The lowest BCUT2D eigenvalue weighted by Crippen LogP contribution is -2.51. The van der Waals surface area contributed by atoms with Crippen LogP contribution in [-0.4, -0.2) is 71.2 Å². The lowest BCUT2D eigenvalue weighted by Gasteiger charge is -2.34. The summed E-state index contributed by atoms with van der Waals surface area (Å²) in [5, 5.41) is 22.4. The maximum Gasteiger partial charge on any atom is 0.254 e. The standard InChI is InChI=1S/C21H26N2O4/c1-22(2)20(26)18(24)19(25)21(27)23-11-9-15(10-12-23)17-8-7-14-5-3-4-6-16(14)13-17/h3-8,13,15,18-19,24-25H,9-12H2,1-2H3. The lowest BCUT2D eigenvalue weighted by molar-refractivity contribution is -0.157. The number of likely N-dealkylation sites (N-methyl/N-ethyl adjacent to an activating group) is 1. The van der Waals surface area contributed by atoms with Gasteiger partial charge in [0.2, 0.25) is 0 Å². The first-order valence-electron chi connectivity index (χ1n) is 9.23. The number of rotatable bonds is 4. The molecule has 0 aliphatic carbocycles. The Labute approximate surface area is 159 Å². The largest absolute Gasteiger partial charge is 0.380 e. The van der Waals surface area contributed by atoms with Gasteiger partial charge in [0.15, 0.2) is 12.2 Å². The van der Waals surface area contributed by atoms with E-state index in [2.05, 4.69) is 30.3 Å². The average molecular weight is 370 g/mol. The fourth-order valence-corrected chi connectivity index (χ4v) is 3.62. The van der Waals surface area contributed by atoms with Crippen LogP contribution in [0.1, 0.15) is 24.3 Å². The van der Waals surface area contributed by atoms with Crippen molar-refractivity contribution in [1.82, 2.24) is 9.80 Å². The highest BCUT2D eigenvalue weighted by Crippen LogP contribution is 2.30. The third-order valence-corrected chi connectivity index (χ3v) is 5.30. The number of benzene rings is 2. The van der Waals surface area contributed by atoms with Gasteiger partial charge in [0, 0.05) is 27.2 Å². The predicted molar refractivity (Wildman–Crippen MR) is 103 cm³/mol. The highest BCUT2D eigenvalue weighted by atomic mass is 16.3. The quantitative estimate of drug-likeness (QED) is 0.851. The molecule has 2 atom stereocenters. The minimum absolute atomic E-state index is 0.351. The molecule has 2 aromatic carbocycles. The molecule has 2 unspecified atom stereocenters. The Balaban J connectivity index is 1.62. The maximum absolute atomic E-state index is 12.4. The number of hydrogen-bond donors (Lipinski definition) is 2.